The third-order valence-corrected chi connectivity index (χ3v) is 11.1. The summed E-state index contributed by atoms with van der Waals surface area (Å²) in [7, 11) is -2.78. The lowest BCUT2D eigenvalue weighted by molar-refractivity contribution is -0.145. The van der Waals surface area contributed by atoms with Gasteiger partial charge in [0.2, 0.25) is 0 Å². The van der Waals surface area contributed by atoms with Crippen LogP contribution < -0.4 is 0 Å². The third-order valence-electron chi connectivity index (χ3n) is 3.41. The van der Waals surface area contributed by atoms with Crippen molar-refractivity contribution < 1.29 is 9.53 Å². The summed E-state index contributed by atoms with van der Waals surface area (Å²) in [5.74, 6) is 0.00111. The minimum atomic E-state index is -1.39. The van der Waals surface area contributed by atoms with Crippen molar-refractivity contribution in [3.63, 3.8) is 0 Å². The van der Waals surface area contributed by atoms with E-state index < -0.39 is 16.5 Å². The summed E-state index contributed by atoms with van der Waals surface area (Å²) in [5.41, 5.74) is 0. The normalized spacial score (nSPS) is 23.5. The van der Waals surface area contributed by atoms with Gasteiger partial charge in [-0.1, -0.05) is 39.3 Å². The molecular weight excluding hydrogens is 258 g/mol. The Morgan fingerprint density at radius 3 is 2.11 bits per heavy atom. The molecule has 0 radical (unpaired) electrons. The van der Waals surface area contributed by atoms with Crippen molar-refractivity contribution in [2.75, 3.05) is 6.61 Å². The number of esters is 1. The first kappa shape index (κ1) is 15.9. The number of carbonyl (C=O) groups excluding carboxylic acids is 1. The molecule has 0 aromatic heterocycles. The zero-order valence-corrected chi connectivity index (χ0v) is 14.9. The van der Waals surface area contributed by atoms with Gasteiger partial charge in [-0.2, -0.15) is 0 Å². The van der Waals surface area contributed by atoms with E-state index in [1.165, 1.54) is 6.42 Å². The zero-order chi connectivity index (χ0) is 14.0. The molecule has 1 heterocycles. The smallest absolute Gasteiger partial charge is 0.307 e. The molecule has 1 unspecified atom stereocenters. The van der Waals surface area contributed by atoms with Gasteiger partial charge in [-0.05, 0) is 19.3 Å². The van der Waals surface area contributed by atoms with Crippen LogP contribution in [0.5, 0.6) is 0 Å². The minimum Gasteiger partial charge on any atom is -0.466 e. The van der Waals surface area contributed by atoms with E-state index in [9.17, 15) is 4.79 Å². The van der Waals surface area contributed by atoms with Crippen molar-refractivity contribution >= 4 is 22.4 Å². The van der Waals surface area contributed by atoms with Gasteiger partial charge in [-0.15, -0.1) is 0 Å². The summed E-state index contributed by atoms with van der Waals surface area (Å²) < 4.78 is 8.01. The molecule has 0 aliphatic carbocycles. The molecule has 0 spiro atoms. The first-order valence-electron chi connectivity index (χ1n) is 7.07. The standard InChI is InChI=1S/C13H29NO2Si2/c1-17(2,3)14(18(4,5)6)12-9-7-8-10-16-13(15)11-12/h12H,7-11H2,1-6H3. The largest absolute Gasteiger partial charge is 0.466 e. The molecule has 0 N–H and O–H groups in total. The fourth-order valence-corrected chi connectivity index (χ4v) is 14.0. The molecule has 5 heteroatoms. The monoisotopic (exact) mass is 287 g/mol. The topological polar surface area (TPSA) is 29.5 Å². The summed E-state index contributed by atoms with van der Waals surface area (Å²) in [5, 5.41) is 0. The van der Waals surface area contributed by atoms with E-state index in [-0.39, 0.29) is 5.97 Å². The molecule has 0 aromatic rings. The van der Waals surface area contributed by atoms with Gasteiger partial charge in [-0.3, -0.25) is 4.79 Å². The zero-order valence-electron chi connectivity index (χ0n) is 12.9. The number of ether oxygens (including phenoxy) is 1. The van der Waals surface area contributed by atoms with Crippen LogP contribution in [0.25, 0.3) is 0 Å². The maximum atomic E-state index is 11.8. The molecule has 106 valence electrons. The summed E-state index contributed by atoms with van der Waals surface area (Å²) in [6.45, 7) is 15.0. The van der Waals surface area contributed by atoms with Gasteiger partial charge in [0.25, 0.3) is 0 Å². The van der Waals surface area contributed by atoms with Crippen LogP contribution in [0.2, 0.25) is 39.3 Å². The summed E-state index contributed by atoms with van der Waals surface area (Å²) in [4.78, 5) is 11.8. The summed E-state index contributed by atoms with van der Waals surface area (Å²) in [6, 6.07) is 0.413. The second-order valence-corrected chi connectivity index (χ2v) is 17.4. The molecule has 1 saturated heterocycles. The highest BCUT2D eigenvalue weighted by Crippen LogP contribution is 2.28. The second-order valence-electron chi connectivity index (χ2n) is 7.29. The van der Waals surface area contributed by atoms with Crippen LogP contribution in [0, 0.1) is 0 Å². The molecule has 3 nitrogen and oxygen atoms in total. The van der Waals surface area contributed by atoms with Gasteiger partial charge < -0.3 is 8.97 Å². The molecule has 18 heavy (non-hydrogen) atoms. The van der Waals surface area contributed by atoms with Gasteiger partial charge in [0, 0.05) is 6.04 Å². The molecule has 1 fully saturated rings. The predicted octanol–water partition coefficient (Wildman–Crippen LogP) is 3.44. The lowest BCUT2D eigenvalue weighted by Crippen LogP contribution is -2.63. The maximum Gasteiger partial charge on any atom is 0.307 e. The number of nitrogens with zero attached hydrogens (tertiary/aromatic N) is 1. The Morgan fingerprint density at radius 1 is 1.06 bits per heavy atom. The van der Waals surface area contributed by atoms with Crippen LogP contribution in [0.4, 0.5) is 0 Å². The molecule has 1 aliphatic heterocycles. The molecule has 0 bridgehead atoms. The van der Waals surface area contributed by atoms with E-state index in [4.69, 9.17) is 4.74 Å². The van der Waals surface area contributed by atoms with Gasteiger partial charge in [0.1, 0.15) is 16.5 Å². The SMILES string of the molecule is C[Si](C)(C)N(C1CCCCOC(=O)C1)[Si](C)(C)C. The van der Waals surface area contributed by atoms with Crippen LogP contribution >= 0.6 is 0 Å². The lowest BCUT2D eigenvalue weighted by atomic mass is 10.1. The van der Waals surface area contributed by atoms with E-state index in [1.54, 1.807) is 0 Å². The summed E-state index contributed by atoms with van der Waals surface area (Å²) in [6.07, 6.45) is 3.95. The van der Waals surface area contributed by atoms with E-state index >= 15 is 0 Å². The molecule has 0 amide bonds. The van der Waals surface area contributed by atoms with Gasteiger partial charge in [0.15, 0.2) is 0 Å². The van der Waals surface area contributed by atoms with Crippen LogP contribution in [-0.4, -0.2) is 39.3 Å². The van der Waals surface area contributed by atoms with Crippen LogP contribution in [-0.2, 0) is 9.53 Å². The second kappa shape index (κ2) is 5.88. The van der Waals surface area contributed by atoms with Crippen LogP contribution in [0.15, 0.2) is 0 Å². The average Bonchev–Trinajstić information content (AvgIpc) is 2.08. The average molecular weight is 288 g/mol. The number of carbonyl (C=O) groups is 1. The Labute approximate surface area is 114 Å². The molecule has 0 aromatic carbocycles. The predicted molar refractivity (Wildman–Crippen MR) is 81.7 cm³/mol. The van der Waals surface area contributed by atoms with E-state index in [1.807, 2.05) is 0 Å². The molecule has 1 rings (SSSR count). The van der Waals surface area contributed by atoms with Gasteiger partial charge >= 0.3 is 5.97 Å². The van der Waals surface area contributed by atoms with Crippen molar-refractivity contribution in [2.24, 2.45) is 0 Å². The van der Waals surface area contributed by atoms with Crippen LogP contribution in [0.3, 0.4) is 0 Å². The molecular formula is C13H29NO2Si2. The fraction of sp³-hybridized carbons (Fsp3) is 0.923. The highest BCUT2D eigenvalue weighted by Gasteiger charge is 2.40. The van der Waals surface area contributed by atoms with Crippen molar-refractivity contribution in [3.8, 4) is 0 Å². The highest BCUT2D eigenvalue weighted by atomic mass is 28.4. The first-order valence-corrected chi connectivity index (χ1v) is 14.0. The lowest BCUT2D eigenvalue weighted by Gasteiger charge is -2.49. The Morgan fingerprint density at radius 2 is 1.61 bits per heavy atom. The van der Waals surface area contributed by atoms with E-state index in [0.717, 1.165) is 12.8 Å². The Bertz CT molecular complexity index is 280. The number of rotatable bonds is 3. The maximum absolute atomic E-state index is 11.8. The van der Waals surface area contributed by atoms with Crippen LogP contribution in [0.1, 0.15) is 25.7 Å². The van der Waals surface area contributed by atoms with E-state index in [2.05, 4.69) is 43.5 Å². The fourth-order valence-electron chi connectivity index (χ4n) is 3.34. The molecule has 1 aliphatic rings. The first-order chi connectivity index (χ1) is 8.12. The number of hydrogen-bond donors (Lipinski definition) is 0. The van der Waals surface area contributed by atoms with Crippen molar-refractivity contribution in [1.82, 2.24) is 4.23 Å². The number of cyclic esters (lactones) is 1. The van der Waals surface area contributed by atoms with Gasteiger partial charge in [-0.25, -0.2) is 0 Å². The Hall–Kier alpha value is -0.136. The molecule has 1 atom stereocenters. The highest BCUT2D eigenvalue weighted by molar-refractivity contribution is 6.89. The van der Waals surface area contributed by atoms with Crippen molar-refractivity contribution in [1.29, 1.82) is 0 Å². The summed E-state index contributed by atoms with van der Waals surface area (Å²) >= 11 is 0. The number of hydrogen-bond acceptors (Lipinski definition) is 3. The van der Waals surface area contributed by atoms with Crippen molar-refractivity contribution in [2.45, 2.75) is 71.0 Å². The minimum absolute atomic E-state index is 0.00111. The van der Waals surface area contributed by atoms with Gasteiger partial charge in [0.05, 0.1) is 13.0 Å². The third kappa shape index (κ3) is 4.51. The Balaban J connectivity index is 2.92. The quantitative estimate of drug-likeness (QED) is 0.588. The Kier molecular flexibility index (Phi) is 5.20. The van der Waals surface area contributed by atoms with E-state index in [0.29, 0.717) is 19.1 Å². The van der Waals surface area contributed by atoms with Crippen molar-refractivity contribution in [3.05, 3.63) is 0 Å². The molecule has 0 saturated carbocycles.